The molecule has 0 bridgehead atoms. The van der Waals surface area contributed by atoms with E-state index in [1.165, 1.54) is 11.4 Å². The summed E-state index contributed by atoms with van der Waals surface area (Å²) in [4.78, 5) is 4.62. The van der Waals surface area contributed by atoms with E-state index in [4.69, 9.17) is 0 Å². The number of hydrogen-bond donors (Lipinski definition) is 1. The third-order valence-electron chi connectivity index (χ3n) is 2.49. The first-order valence-electron chi connectivity index (χ1n) is 5.05. The van der Waals surface area contributed by atoms with Crippen LogP contribution in [0, 0.1) is 6.92 Å². The second-order valence-electron chi connectivity index (χ2n) is 4.79. The lowest BCUT2D eigenvalue weighted by Gasteiger charge is -2.18. The number of aryl methyl sites for hydroxylation is 1. The summed E-state index contributed by atoms with van der Waals surface area (Å²) < 4.78 is 2.16. The van der Waals surface area contributed by atoms with Crippen LogP contribution in [0.1, 0.15) is 38.0 Å². The molecule has 1 N–H and O–H groups in total. The Labute approximate surface area is 86.5 Å². The first-order chi connectivity index (χ1) is 6.38. The average molecular weight is 195 g/mol. The van der Waals surface area contributed by atoms with E-state index in [1.807, 2.05) is 7.05 Å². The van der Waals surface area contributed by atoms with Crippen molar-refractivity contribution in [3.05, 3.63) is 17.2 Å². The lowest BCUT2D eigenvalue weighted by atomic mass is 9.90. The van der Waals surface area contributed by atoms with E-state index in [-0.39, 0.29) is 5.41 Å². The van der Waals surface area contributed by atoms with Gasteiger partial charge in [-0.05, 0) is 14.0 Å². The van der Waals surface area contributed by atoms with Crippen LogP contribution in [0.25, 0.3) is 0 Å². The molecule has 0 unspecified atom stereocenters. The Kier molecular flexibility index (Phi) is 3.00. The van der Waals surface area contributed by atoms with Gasteiger partial charge in [0.25, 0.3) is 0 Å². The molecule has 0 saturated carbocycles. The number of nitrogens with one attached hydrogen (secondary N) is 1. The van der Waals surface area contributed by atoms with Gasteiger partial charge in [0, 0.05) is 19.0 Å². The van der Waals surface area contributed by atoms with E-state index < -0.39 is 0 Å². The van der Waals surface area contributed by atoms with Crippen LogP contribution in [0.15, 0.2) is 0 Å². The molecule has 0 saturated heterocycles. The Morgan fingerprint density at radius 1 is 1.36 bits per heavy atom. The minimum absolute atomic E-state index is 0.123. The van der Waals surface area contributed by atoms with Crippen LogP contribution in [0.4, 0.5) is 0 Å². The van der Waals surface area contributed by atoms with Crippen LogP contribution in [-0.4, -0.2) is 16.6 Å². The first-order valence-corrected chi connectivity index (χ1v) is 5.05. The van der Waals surface area contributed by atoms with Crippen molar-refractivity contribution >= 4 is 0 Å². The summed E-state index contributed by atoms with van der Waals surface area (Å²) in [5.41, 5.74) is 2.61. The largest absolute Gasteiger partial charge is 0.334 e. The Bertz CT molecular complexity index is 318. The third-order valence-corrected chi connectivity index (χ3v) is 2.49. The molecule has 14 heavy (non-hydrogen) atoms. The van der Waals surface area contributed by atoms with Gasteiger partial charge in [-0.1, -0.05) is 20.8 Å². The molecule has 80 valence electrons. The first kappa shape index (κ1) is 11.2. The summed E-state index contributed by atoms with van der Waals surface area (Å²) in [5, 5.41) is 3.19. The normalized spacial score (nSPS) is 12.1. The van der Waals surface area contributed by atoms with Crippen molar-refractivity contribution in [1.82, 2.24) is 14.9 Å². The fraction of sp³-hybridized carbons (Fsp3) is 0.727. The summed E-state index contributed by atoms with van der Waals surface area (Å²) in [6.07, 6.45) is 0. The zero-order valence-electron chi connectivity index (χ0n) is 10.1. The molecular weight excluding hydrogens is 174 g/mol. The number of imidazole rings is 1. The zero-order valence-corrected chi connectivity index (χ0v) is 10.1. The van der Waals surface area contributed by atoms with Gasteiger partial charge in [0.1, 0.15) is 5.82 Å². The van der Waals surface area contributed by atoms with E-state index in [1.54, 1.807) is 0 Å². The maximum atomic E-state index is 4.62. The number of nitrogens with zero attached hydrogens (tertiary/aromatic N) is 2. The minimum Gasteiger partial charge on any atom is -0.334 e. The van der Waals surface area contributed by atoms with Crippen LogP contribution in [0.2, 0.25) is 0 Å². The van der Waals surface area contributed by atoms with E-state index in [0.29, 0.717) is 0 Å². The SMILES string of the molecule is CNCc1c(C(C)(C)C)nc(C)n1C. The van der Waals surface area contributed by atoms with Crippen molar-refractivity contribution in [1.29, 1.82) is 0 Å². The van der Waals surface area contributed by atoms with Crippen LogP contribution in [0.3, 0.4) is 0 Å². The Morgan fingerprint density at radius 2 is 1.93 bits per heavy atom. The molecule has 0 radical (unpaired) electrons. The Morgan fingerprint density at radius 3 is 2.36 bits per heavy atom. The molecular formula is C11H21N3. The lowest BCUT2D eigenvalue weighted by molar-refractivity contribution is 0.556. The molecule has 0 aliphatic heterocycles. The molecule has 1 heterocycles. The summed E-state index contributed by atoms with van der Waals surface area (Å²) in [6.45, 7) is 9.54. The second-order valence-corrected chi connectivity index (χ2v) is 4.79. The van der Waals surface area contributed by atoms with Crippen molar-refractivity contribution in [2.75, 3.05) is 7.05 Å². The van der Waals surface area contributed by atoms with Gasteiger partial charge in [-0.25, -0.2) is 4.98 Å². The van der Waals surface area contributed by atoms with Crippen LogP contribution in [-0.2, 0) is 19.0 Å². The summed E-state index contributed by atoms with van der Waals surface area (Å²) in [5.74, 6) is 1.08. The van der Waals surface area contributed by atoms with Crippen LogP contribution in [0.5, 0.6) is 0 Å². The number of aromatic nitrogens is 2. The maximum absolute atomic E-state index is 4.62. The molecule has 3 nitrogen and oxygen atoms in total. The lowest BCUT2D eigenvalue weighted by Crippen LogP contribution is -2.19. The predicted molar refractivity (Wildman–Crippen MR) is 59.4 cm³/mol. The molecule has 0 amide bonds. The van der Waals surface area contributed by atoms with Gasteiger partial charge in [-0.15, -0.1) is 0 Å². The third kappa shape index (κ3) is 1.98. The summed E-state index contributed by atoms with van der Waals surface area (Å²) >= 11 is 0. The quantitative estimate of drug-likeness (QED) is 0.779. The van der Waals surface area contributed by atoms with Gasteiger partial charge in [0.05, 0.1) is 11.4 Å². The number of hydrogen-bond acceptors (Lipinski definition) is 2. The highest BCUT2D eigenvalue weighted by atomic mass is 15.1. The molecule has 0 aliphatic rings. The summed E-state index contributed by atoms with van der Waals surface area (Å²) in [7, 11) is 4.04. The zero-order chi connectivity index (χ0) is 10.9. The maximum Gasteiger partial charge on any atom is 0.105 e. The van der Waals surface area contributed by atoms with Crippen molar-refractivity contribution in [3.8, 4) is 0 Å². The van der Waals surface area contributed by atoms with Crippen molar-refractivity contribution < 1.29 is 0 Å². The van der Waals surface area contributed by atoms with Crippen molar-refractivity contribution in [2.45, 2.75) is 39.7 Å². The van der Waals surface area contributed by atoms with Gasteiger partial charge >= 0.3 is 0 Å². The summed E-state index contributed by atoms with van der Waals surface area (Å²) in [6, 6.07) is 0. The topological polar surface area (TPSA) is 29.9 Å². The molecule has 1 aromatic heterocycles. The van der Waals surface area contributed by atoms with Crippen molar-refractivity contribution in [2.24, 2.45) is 7.05 Å². The van der Waals surface area contributed by atoms with Gasteiger partial charge in [-0.3, -0.25) is 0 Å². The standard InChI is InChI=1S/C11H21N3/c1-8-13-10(11(2,3)4)9(7-12-5)14(8)6/h12H,7H2,1-6H3. The Balaban J connectivity index is 3.22. The number of rotatable bonds is 2. The highest BCUT2D eigenvalue weighted by Crippen LogP contribution is 2.25. The highest BCUT2D eigenvalue weighted by Gasteiger charge is 2.23. The van der Waals surface area contributed by atoms with Gasteiger partial charge in [0.15, 0.2) is 0 Å². The van der Waals surface area contributed by atoms with Crippen LogP contribution >= 0.6 is 0 Å². The molecule has 1 rings (SSSR count). The Hall–Kier alpha value is -0.830. The van der Waals surface area contributed by atoms with E-state index >= 15 is 0 Å². The van der Waals surface area contributed by atoms with E-state index in [0.717, 1.165) is 12.4 Å². The molecule has 0 aliphatic carbocycles. The second kappa shape index (κ2) is 3.73. The molecule has 0 spiro atoms. The van der Waals surface area contributed by atoms with E-state index in [9.17, 15) is 0 Å². The predicted octanol–water partition coefficient (Wildman–Crippen LogP) is 1.75. The molecule has 1 aromatic rings. The highest BCUT2D eigenvalue weighted by molar-refractivity contribution is 5.23. The average Bonchev–Trinajstić information content (AvgIpc) is 2.32. The molecule has 0 aromatic carbocycles. The fourth-order valence-electron chi connectivity index (χ4n) is 1.63. The van der Waals surface area contributed by atoms with Gasteiger partial charge in [0.2, 0.25) is 0 Å². The molecule has 0 atom stereocenters. The van der Waals surface area contributed by atoms with Crippen LogP contribution < -0.4 is 5.32 Å². The fourth-order valence-corrected chi connectivity index (χ4v) is 1.63. The minimum atomic E-state index is 0.123. The molecule has 3 heteroatoms. The van der Waals surface area contributed by atoms with Gasteiger partial charge < -0.3 is 9.88 Å². The van der Waals surface area contributed by atoms with E-state index in [2.05, 4.69) is 49.6 Å². The smallest absolute Gasteiger partial charge is 0.105 e. The van der Waals surface area contributed by atoms with Crippen molar-refractivity contribution in [3.63, 3.8) is 0 Å². The van der Waals surface area contributed by atoms with Gasteiger partial charge in [-0.2, -0.15) is 0 Å². The molecule has 0 fully saturated rings. The monoisotopic (exact) mass is 195 g/mol.